The van der Waals surface area contributed by atoms with Gasteiger partial charge in [-0.3, -0.25) is 18.6 Å². The average molecular weight is 483 g/mol. The van der Waals surface area contributed by atoms with Gasteiger partial charge in [0.25, 0.3) is 11.1 Å². The van der Waals surface area contributed by atoms with Gasteiger partial charge < -0.3 is 4.74 Å². The summed E-state index contributed by atoms with van der Waals surface area (Å²) in [6.07, 6.45) is 4.58. The molecule has 0 aliphatic carbocycles. The van der Waals surface area contributed by atoms with Crippen molar-refractivity contribution in [2.75, 3.05) is 6.61 Å². The number of thioether (sulfide) groups is 1. The highest BCUT2D eigenvalue weighted by Crippen LogP contribution is 2.30. The molecule has 33 heavy (non-hydrogen) atoms. The van der Waals surface area contributed by atoms with Crippen LogP contribution in [0.5, 0.6) is 0 Å². The van der Waals surface area contributed by atoms with Gasteiger partial charge in [-0.15, -0.1) is 11.3 Å². The van der Waals surface area contributed by atoms with E-state index in [9.17, 15) is 9.59 Å². The van der Waals surface area contributed by atoms with Gasteiger partial charge in [0.15, 0.2) is 5.16 Å². The summed E-state index contributed by atoms with van der Waals surface area (Å²) < 4.78 is 9.15. The number of hydrogen-bond donors (Lipinski definition) is 0. The Morgan fingerprint density at radius 2 is 2.09 bits per heavy atom. The molecule has 4 aromatic heterocycles. The van der Waals surface area contributed by atoms with Gasteiger partial charge in [0.2, 0.25) is 0 Å². The number of nitrogens with zero attached hydrogens (tertiary/aromatic N) is 4. The molecule has 1 aliphatic heterocycles. The maximum absolute atomic E-state index is 13.6. The Morgan fingerprint density at radius 1 is 1.24 bits per heavy atom. The van der Waals surface area contributed by atoms with E-state index >= 15 is 0 Å². The third-order valence-corrected chi connectivity index (χ3v) is 8.10. The van der Waals surface area contributed by atoms with E-state index in [4.69, 9.17) is 9.72 Å². The average Bonchev–Trinajstić information content (AvgIpc) is 3.42. The van der Waals surface area contributed by atoms with Gasteiger partial charge in [-0.1, -0.05) is 24.8 Å². The van der Waals surface area contributed by atoms with Crippen molar-refractivity contribution in [3.8, 4) is 0 Å². The molecule has 0 bridgehead atoms. The minimum atomic E-state index is -0.110. The molecule has 0 amide bonds. The van der Waals surface area contributed by atoms with Crippen LogP contribution in [-0.2, 0) is 23.5 Å². The van der Waals surface area contributed by atoms with Crippen LogP contribution >= 0.6 is 23.1 Å². The monoisotopic (exact) mass is 482 g/mol. The Balaban J connectivity index is 1.54. The molecule has 5 heterocycles. The second-order valence-corrected chi connectivity index (χ2v) is 10.6. The zero-order valence-corrected chi connectivity index (χ0v) is 20.6. The number of aromatic nitrogens is 4. The molecule has 1 saturated heterocycles. The zero-order valence-electron chi connectivity index (χ0n) is 19.0. The van der Waals surface area contributed by atoms with Crippen LogP contribution in [0.2, 0.25) is 0 Å². The maximum Gasteiger partial charge on any atom is 0.263 e. The topological polar surface area (TPSA) is 78.5 Å². The molecule has 1 fully saturated rings. The summed E-state index contributed by atoms with van der Waals surface area (Å²) in [5.41, 5.74) is 3.27. The quantitative estimate of drug-likeness (QED) is 0.304. The third-order valence-electron chi connectivity index (χ3n) is 6.05. The summed E-state index contributed by atoms with van der Waals surface area (Å²) in [6.45, 7) is 7.30. The number of pyridine rings is 1. The molecule has 0 N–H and O–H groups in total. The molecule has 1 unspecified atom stereocenters. The first-order valence-corrected chi connectivity index (χ1v) is 13.0. The van der Waals surface area contributed by atoms with Crippen molar-refractivity contribution in [2.24, 2.45) is 0 Å². The normalized spacial score (nSPS) is 16.3. The summed E-state index contributed by atoms with van der Waals surface area (Å²) in [4.78, 5) is 37.6. The minimum Gasteiger partial charge on any atom is -0.376 e. The maximum atomic E-state index is 13.6. The van der Waals surface area contributed by atoms with E-state index in [-0.39, 0.29) is 17.2 Å². The highest BCUT2D eigenvalue weighted by molar-refractivity contribution is 7.98. The SMILES string of the molecule is CCc1c(C)sc2nc(SCc3cc(=O)n4cc(C)ccc4n3)n(CC3CCCO3)c(=O)c12. The first-order chi connectivity index (χ1) is 15.9. The number of ether oxygens (including phenoxy) is 1. The third kappa shape index (κ3) is 4.25. The molecule has 0 saturated carbocycles. The number of thiophene rings is 1. The number of fused-ring (bicyclic) bond motifs is 2. The molecular formula is C24H26N4O3S2. The standard InChI is InChI=1S/C24H26N4O3S2/c1-4-18-15(3)33-22-21(18)23(30)28(12-17-6-5-9-31-17)24(26-22)32-13-16-10-20(29)27-11-14(2)7-8-19(27)25-16/h7-8,10-11,17H,4-6,9,12-13H2,1-3H3. The molecule has 7 nitrogen and oxygen atoms in total. The van der Waals surface area contributed by atoms with E-state index < -0.39 is 0 Å². The Kier molecular flexibility index (Phi) is 6.11. The molecule has 1 aliphatic rings. The summed E-state index contributed by atoms with van der Waals surface area (Å²) in [5.74, 6) is 0.452. The lowest BCUT2D eigenvalue weighted by molar-refractivity contribution is 0.0937. The Bertz CT molecular complexity index is 1460. The van der Waals surface area contributed by atoms with Crippen LogP contribution in [0.25, 0.3) is 15.9 Å². The Morgan fingerprint density at radius 3 is 2.85 bits per heavy atom. The fourth-order valence-electron chi connectivity index (χ4n) is 4.39. The van der Waals surface area contributed by atoms with E-state index in [0.717, 1.165) is 52.1 Å². The molecule has 172 valence electrons. The van der Waals surface area contributed by atoms with Gasteiger partial charge in [0, 0.05) is 29.5 Å². The largest absolute Gasteiger partial charge is 0.376 e. The van der Waals surface area contributed by atoms with E-state index in [2.05, 4.69) is 18.8 Å². The van der Waals surface area contributed by atoms with Crippen molar-refractivity contribution in [2.45, 2.75) is 63.6 Å². The lowest BCUT2D eigenvalue weighted by Gasteiger charge is -2.16. The van der Waals surface area contributed by atoms with Crippen molar-refractivity contribution in [1.29, 1.82) is 0 Å². The van der Waals surface area contributed by atoms with E-state index in [1.165, 1.54) is 11.8 Å². The van der Waals surface area contributed by atoms with Gasteiger partial charge in [-0.05, 0) is 50.3 Å². The number of rotatable bonds is 6. The number of aryl methyl sites for hydroxylation is 3. The van der Waals surface area contributed by atoms with Gasteiger partial charge in [-0.25, -0.2) is 9.97 Å². The molecule has 9 heteroatoms. The molecule has 0 radical (unpaired) electrons. The lowest BCUT2D eigenvalue weighted by Crippen LogP contribution is -2.29. The zero-order chi connectivity index (χ0) is 23.1. The van der Waals surface area contributed by atoms with Crippen LogP contribution in [0.3, 0.4) is 0 Å². The van der Waals surface area contributed by atoms with Gasteiger partial charge in [0.1, 0.15) is 10.5 Å². The first kappa shape index (κ1) is 22.3. The van der Waals surface area contributed by atoms with Crippen LogP contribution in [0, 0.1) is 13.8 Å². The molecule has 5 rings (SSSR count). The van der Waals surface area contributed by atoms with Crippen LogP contribution in [0.1, 0.15) is 41.5 Å². The predicted molar refractivity (Wildman–Crippen MR) is 133 cm³/mol. The Labute approximate surface area is 199 Å². The smallest absolute Gasteiger partial charge is 0.263 e. The number of hydrogen-bond acceptors (Lipinski definition) is 7. The highest BCUT2D eigenvalue weighted by Gasteiger charge is 2.23. The van der Waals surface area contributed by atoms with Gasteiger partial charge in [-0.2, -0.15) is 0 Å². The molecule has 4 aromatic rings. The predicted octanol–water partition coefficient (Wildman–Crippen LogP) is 4.12. The van der Waals surface area contributed by atoms with Gasteiger partial charge >= 0.3 is 0 Å². The summed E-state index contributed by atoms with van der Waals surface area (Å²) in [7, 11) is 0. The fraction of sp³-hybridized carbons (Fsp3) is 0.417. The van der Waals surface area contributed by atoms with Crippen molar-refractivity contribution in [3.63, 3.8) is 0 Å². The summed E-state index contributed by atoms with van der Waals surface area (Å²) in [5, 5.41) is 1.39. The van der Waals surface area contributed by atoms with Crippen LogP contribution in [0.15, 0.2) is 39.1 Å². The summed E-state index contributed by atoms with van der Waals surface area (Å²) in [6, 6.07) is 5.35. The van der Waals surface area contributed by atoms with E-state index in [0.29, 0.717) is 28.8 Å². The van der Waals surface area contributed by atoms with Crippen LogP contribution < -0.4 is 11.1 Å². The highest BCUT2D eigenvalue weighted by atomic mass is 32.2. The Hall–Kier alpha value is -2.49. The van der Waals surface area contributed by atoms with Crippen molar-refractivity contribution >= 4 is 39.0 Å². The first-order valence-electron chi connectivity index (χ1n) is 11.2. The molecule has 0 spiro atoms. The van der Waals surface area contributed by atoms with Crippen molar-refractivity contribution < 1.29 is 4.74 Å². The fourth-order valence-corrected chi connectivity index (χ4v) is 6.45. The second-order valence-electron chi connectivity index (χ2n) is 8.42. The second kappa shape index (κ2) is 9.04. The van der Waals surface area contributed by atoms with E-state index in [1.54, 1.807) is 32.6 Å². The van der Waals surface area contributed by atoms with Gasteiger partial charge in [0.05, 0.1) is 23.7 Å². The van der Waals surface area contributed by atoms with Crippen molar-refractivity contribution in [1.82, 2.24) is 18.9 Å². The molecule has 1 atom stereocenters. The lowest BCUT2D eigenvalue weighted by atomic mass is 10.1. The summed E-state index contributed by atoms with van der Waals surface area (Å²) >= 11 is 3.02. The van der Waals surface area contributed by atoms with Crippen LogP contribution in [-0.4, -0.2) is 31.6 Å². The van der Waals surface area contributed by atoms with Crippen LogP contribution in [0.4, 0.5) is 0 Å². The van der Waals surface area contributed by atoms with Crippen molar-refractivity contribution in [3.05, 3.63) is 66.8 Å². The minimum absolute atomic E-state index is 0.00113. The molecule has 0 aromatic carbocycles. The molecular weight excluding hydrogens is 456 g/mol. The van der Waals surface area contributed by atoms with E-state index in [1.807, 2.05) is 19.1 Å².